The van der Waals surface area contributed by atoms with Gasteiger partial charge in [-0.05, 0) is 24.3 Å². The third kappa shape index (κ3) is 3.71. The van der Waals surface area contributed by atoms with Crippen LogP contribution in [0, 0.1) is 0 Å². The zero-order chi connectivity index (χ0) is 20.6. The molecule has 0 atom stereocenters. The maximum absolute atomic E-state index is 10.8. The van der Waals surface area contributed by atoms with E-state index >= 15 is 0 Å². The fourth-order valence-electron chi connectivity index (χ4n) is 3.14. The van der Waals surface area contributed by atoms with E-state index in [0.29, 0.717) is 46.9 Å². The van der Waals surface area contributed by atoms with E-state index < -0.39 is 10.8 Å². The highest BCUT2D eigenvalue weighted by Crippen LogP contribution is 2.53. The van der Waals surface area contributed by atoms with Gasteiger partial charge in [0.1, 0.15) is 23.1 Å². The van der Waals surface area contributed by atoms with Crippen LogP contribution in [0.4, 0.5) is 5.69 Å². The van der Waals surface area contributed by atoms with Crippen LogP contribution in [0.3, 0.4) is 0 Å². The van der Waals surface area contributed by atoms with E-state index in [2.05, 4.69) is 19.9 Å². The minimum Gasteiger partial charge on any atom is -0.495 e. The van der Waals surface area contributed by atoms with Gasteiger partial charge in [0.05, 0.1) is 31.1 Å². The standard InChI is InChI=1S/C18H20ClN5O4S/c1-3-16-21-22-17-13-9-12(10-20-18(13)28-7-6-24(16)17)23-29(25,26)15-8-11(19)4-5-14(15)27-2/h4-5,8-10,23,25-26H,3,6-7H2,1-2H3. The number of methoxy groups -OCH3 is 1. The van der Waals surface area contributed by atoms with Crippen molar-refractivity contribution in [2.45, 2.75) is 24.8 Å². The van der Waals surface area contributed by atoms with E-state index in [1.54, 1.807) is 18.2 Å². The van der Waals surface area contributed by atoms with E-state index in [0.717, 1.165) is 12.2 Å². The summed E-state index contributed by atoms with van der Waals surface area (Å²) < 4.78 is 37.2. The van der Waals surface area contributed by atoms with Gasteiger partial charge in [0.25, 0.3) is 0 Å². The topological polar surface area (TPSA) is 115 Å². The Hall–Kier alpha value is -2.53. The molecule has 1 aromatic carbocycles. The van der Waals surface area contributed by atoms with Crippen molar-refractivity contribution in [3.05, 3.63) is 41.3 Å². The first-order chi connectivity index (χ1) is 13.9. The second-order valence-corrected chi connectivity index (χ2v) is 8.49. The maximum atomic E-state index is 10.8. The molecule has 29 heavy (non-hydrogen) atoms. The molecule has 0 bridgehead atoms. The maximum Gasteiger partial charge on any atom is 0.224 e. The normalized spacial score (nSPS) is 13.7. The quantitative estimate of drug-likeness (QED) is 0.546. The summed E-state index contributed by atoms with van der Waals surface area (Å²) in [6.45, 7) is 3.06. The number of nitrogens with zero attached hydrogens (tertiary/aromatic N) is 4. The van der Waals surface area contributed by atoms with Crippen LogP contribution in [-0.2, 0) is 13.0 Å². The molecule has 3 aromatic rings. The third-order valence-corrected chi connectivity index (χ3v) is 6.17. The molecule has 2 aromatic heterocycles. The van der Waals surface area contributed by atoms with E-state index in [1.165, 1.54) is 19.4 Å². The van der Waals surface area contributed by atoms with Gasteiger partial charge in [0, 0.05) is 11.4 Å². The first-order valence-electron chi connectivity index (χ1n) is 8.87. The van der Waals surface area contributed by atoms with Gasteiger partial charge in [-0.2, -0.15) is 0 Å². The zero-order valence-electron chi connectivity index (χ0n) is 15.8. The molecule has 0 amide bonds. The van der Waals surface area contributed by atoms with Crippen molar-refractivity contribution in [3.63, 3.8) is 0 Å². The summed E-state index contributed by atoms with van der Waals surface area (Å²) in [4.78, 5) is 4.47. The van der Waals surface area contributed by atoms with Crippen molar-refractivity contribution < 1.29 is 18.6 Å². The van der Waals surface area contributed by atoms with Crippen molar-refractivity contribution in [2.75, 3.05) is 18.4 Å². The van der Waals surface area contributed by atoms with Crippen LogP contribution in [0.1, 0.15) is 12.7 Å². The zero-order valence-corrected chi connectivity index (χ0v) is 17.4. The Kier molecular flexibility index (Phi) is 5.26. The van der Waals surface area contributed by atoms with Crippen LogP contribution >= 0.6 is 22.4 Å². The molecule has 0 saturated carbocycles. The number of ether oxygens (including phenoxy) is 2. The molecule has 4 rings (SSSR count). The van der Waals surface area contributed by atoms with Gasteiger partial charge in [-0.15, -0.1) is 10.2 Å². The van der Waals surface area contributed by atoms with Gasteiger partial charge < -0.3 is 14.0 Å². The molecule has 3 heterocycles. The molecule has 0 aliphatic carbocycles. The van der Waals surface area contributed by atoms with Gasteiger partial charge in [0.2, 0.25) is 5.88 Å². The summed E-state index contributed by atoms with van der Waals surface area (Å²) in [6, 6.07) is 6.34. The monoisotopic (exact) mass is 437 g/mol. The Morgan fingerprint density at radius 2 is 2.14 bits per heavy atom. The molecule has 1 aliphatic rings. The third-order valence-electron chi connectivity index (χ3n) is 4.48. The lowest BCUT2D eigenvalue weighted by Gasteiger charge is -2.34. The molecule has 0 fully saturated rings. The number of anilines is 1. The molecule has 0 saturated heterocycles. The highest BCUT2D eigenvalue weighted by atomic mass is 35.5. The van der Waals surface area contributed by atoms with Crippen LogP contribution in [0.15, 0.2) is 35.4 Å². The Morgan fingerprint density at radius 3 is 2.90 bits per heavy atom. The molecule has 3 N–H and O–H groups in total. The Labute approximate surface area is 174 Å². The van der Waals surface area contributed by atoms with Crippen molar-refractivity contribution in [1.29, 1.82) is 0 Å². The van der Waals surface area contributed by atoms with E-state index in [4.69, 9.17) is 21.1 Å². The minimum atomic E-state index is -3.47. The minimum absolute atomic E-state index is 0.148. The number of aromatic nitrogens is 4. The number of hydrogen-bond acceptors (Lipinski definition) is 8. The average Bonchev–Trinajstić information content (AvgIpc) is 3.02. The van der Waals surface area contributed by atoms with E-state index in [9.17, 15) is 9.11 Å². The molecule has 0 radical (unpaired) electrons. The fourth-order valence-corrected chi connectivity index (χ4v) is 4.65. The molecule has 0 unspecified atom stereocenters. The second-order valence-electron chi connectivity index (χ2n) is 6.32. The van der Waals surface area contributed by atoms with Crippen molar-refractivity contribution in [1.82, 2.24) is 19.7 Å². The molecule has 9 nitrogen and oxygen atoms in total. The van der Waals surface area contributed by atoms with E-state index in [1.807, 2.05) is 11.5 Å². The second kappa shape index (κ2) is 7.71. The number of rotatable bonds is 5. The molecular formula is C18H20ClN5O4S. The highest BCUT2D eigenvalue weighted by molar-refractivity contribution is 8.25. The molecular weight excluding hydrogens is 418 g/mol. The predicted octanol–water partition coefficient (Wildman–Crippen LogP) is 4.09. The lowest BCUT2D eigenvalue weighted by atomic mass is 10.2. The van der Waals surface area contributed by atoms with Crippen LogP contribution in [-0.4, -0.2) is 42.6 Å². The predicted molar refractivity (Wildman–Crippen MR) is 111 cm³/mol. The summed E-state index contributed by atoms with van der Waals surface area (Å²) in [5, 5.41) is 8.86. The van der Waals surface area contributed by atoms with Gasteiger partial charge in [0.15, 0.2) is 5.82 Å². The number of aryl methyl sites for hydroxylation is 1. The molecule has 1 aliphatic heterocycles. The summed E-state index contributed by atoms with van der Waals surface area (Å²) in [5.41, 5.74) is 0.997. The first kappa shape index (κ1) is 19.8. The average molecular weight is 438 g/mol. The van der Waals surface area contributed by atoms with Gasteiger partial charge in [-0.25, -0.2) is 4.98 Å². The van der Waals surface area contributed by atoms with Crippen LogP contribution in [0.5, 0.6) is 11.6 Å². The highest BCUT2D eigenvalue weighted by Gasteiger charge is 2.25. The molecule has 11 heteroatoms. The smallest absolute Gasteiger partial charge is 0.224 e. The fraction of sp³-hybridized carbons (Fsp3) is 0.278. The summed E-state index contributed by atoms with van der Waals surface area (Å²) in [6.07, 6.45) is 2.21. The van der Waals surface area contributed by atoms with Gasteiger partial charge in [-0.3, -0.25) is 13.8 Å². The summed E-state index contributed by atoms with van der Waals surface area (Å²) >= 11 is 6.03. The van der Waals surface area contributed by atoms with Crippen molar-refractivity contribution in [3.8, 4) is 23.0 Å². The number of halogens is 1. The summed E-state index contributed by atoms with van der Waals surface area (Å²) in [5.74, 6) is 2.20. The van der Waals surface area contributed by atoms with Crippen LogP contribution < -0.4 is 14.2 Å². The van der Waals surface area contributed by atoms with Crippen molar-refractivity contribution >= 4 is 28.1 Å². The number of benzene rings is 1. The SMILES string of the molecule is CCc1nnc2n1CCOc1ncc(NS(O)(O)c3cc(Cl)ccc3OC)cc1-2. The Balaban J connectivity index is 1.72. The first-order valence-corrected chi connectivity index (χ1v) is 10.8. The van der Waals surface area contributed by atoms with Gasteiger partial charge in [-0.1, -0.05) is 29.3 Å². The number of fused-ring (bicyclic) bond motifs is 3. The summed E-state index contributed by atoms with van der Waals surface area (Å²) in [7, 11) is -2.03. The van der Waals surface area contributed by atoms with Crippen LogP contribution in [0.25, 0.3) is 11.4 Å². The lowest BCUT2D eigenvalue weighted by Crippen LogP contribution is -2.11. The molecule has 0 spiro atoms. The number of nitrogens with one attached hydrogen (secondary N) is 1. The number of hydrogen-bond donors (Lipinski definition) is 3. The molecule has 154 valence electrons. The van der Waals surface area contributed by atoms with Gasteiger partial charge >= 0.3 is 0 Å². The Bertz CT molecular complexity index is 1060. The number of pyridine rings is 1. The Morgan fingerprint density at radius 1 is 1.31 bits per heavy atom. The lowest BCUT2D eigenvalue weighted by molar-refractivity contribution is 0.294. The van der Waals surface area contributed by atoms with Crippen LogP contribution in [0.2, 0.25) is 5.02 Å². The largest absolute Gasteiger partial charge is 0.495 e. The van der Waals surface area contributed by atoms with E-state index in [-0.39, 0.29) is 4.90 Å². The van der Waals surface area contributed by atoms with Crippen molar-refractivity contribution in [2.24, 2.45) is 0 Å².